The number of rotatable bonds is 5. The molecule has 0 aromatic carbocycles. The molecule has 0 bridgehead atoms. The van der Waals surface area contributed by atoms with E-state index in [2.05, 4.69) is 20.6 Å². The van der Waals surface area contributed by atoms with E-state index in [0.29, 0.717) is 13.1 Å². The van der Waals surface area contributed by atoms with Gasteiger partial charge in [0, 0.05) is 31.0 Å². The lowest BCUT2D eigenvalue weighted by molar-refractivity contribution is 0.0523. The first-order valence-electron chi connectivity index (χ1n) is 6.47. The van der Waals surface area contributed by atoms with Crippen LogP contribution in [0.15, 0.2) is 6.20 Å². The molecule has 0 saturated carbocycles. The maximum atomic E-state index is 11.5. The first-order chi connectivity index (χ1) is 8.76. The first kappa shape index (κ1) is 15.5. The molecular formula is C13H24N4O2. The van der Waals surface area contributed by atoms with Crippen molar-refractivity contribution in [3.05, 3.63) is 17.7 Å². The minimum Gasteiger partial charge on any atom is -0.444 e. The predicted octanol–water partition coefficient (Wildman–Crippen LogP) is 1.72. The van der Waals surface area contributed by atoms with Crippen LogP contribution in [-0.2, 0) is 11.3 Å². The number of hydrogen-bond donors (Lipinski definition) is 3. The zero-order valence-electron chi connectivity index (χ0n) is 12.3. The Bertz CT molecular complexity index is 409. The molecule has 6 heteroatoms. The van der Waals surface area contributed by atoms with E-state index < -0.39 is 11.7 Å². The van der Waals surface area contributed by atoms with Crippen molar-refractivity contribution in [2.24, 2.45) is 0 Å². The van der Waals surface area contributed by atoms with E-state index in [1.165, 1.54) is 0 Å². The summed E-state index contributed by atoms with van der Waals surface area (Å²) in [5.74, 6) is 0.899. The summed E-state index contributed by atoms with van der Waals surface area (Å²) in [6.07, 6.45) is 1.41. The van der Waals surface area contributed by atoms with Crippen LogP contribution in [0.2, 0.25) is 0 Å². The normalized spacial score (nSPS) is 13.1. The fourth-order valence-electron chi connectivity index (χ4n) is 1.47. The van der Waals surface area contributed by atoms with Crippen LogP contribution in [0.3, 0.4) is 0 Å². The van der Waals surface area contributed by atoms with E-state index in [0.717, 1.165) is 11.5 Å². The van der Waals surface area contributed by atoms with Crippen molar-refractivity contribution < 1.29 is 9.53 Å². The lowest BCUT2D eigenvalue weighted by Gasteiger charge is -2.21. The van der Waals surface area contributed by atoms with E-state index in [9.17, 15) is 4.79 Å². The number of alkyl carbamates (subject to hydrolysis) is 1. The summed E-state index contributed by atoms with van der Waals surface area (Å²) in [5.41, 5.74) is 0.565. The van der Waals surface area contributed by atoms with E-state index in [1.54, 1.807) is 6.20 Å². The molecular weight excluding hydrogens is 244 g/mol. The van der Waals surface area contributed by atoms with Gasteiger partial charge in [0.2, 0.25) is 0 Å². The molecule has 0 saturated heterocycles. The number of nitrogens with one attached hydrogen (secondary N) is 3. The Morgan fingerprint density at radius 3 is 2.74 bits per heavy atom. The molecule has 0 aliphatic rings. The average molecular weight is 268 g/mol. The molecule has 19 heavy (non-hydrogen) atoms. The molecule has 1 aromatic heterocycles. The second kappa shape index (κ2) is 6.56. The summed E-state index contributed by atoms with van der Waals surface area (Å²) < 4.78 is 5.16. The summed E-state index contributed by atoms with van der Waals surface area (Å²) in [6, 6.07) is 0.149. The molecule has 1 unspecified atom stereocenters. The number of carbonyl (C=O) groups is 1. The quantitative estimate of drug-likeness (QED) is 0.759. The van der Waals surface area contributed by atoms with Gasteiger partial charge in [-0.1, -0.05) is 0 Å². The Morgan fingerprint density at radius 2 is 2.21 bits per heavy atom. The predicted molar refractivity (Wildman–Crippen MR) is 73.9 cm³/mol. The molecule has 1 atom stereocenters. The van der Waals surface area contributed by atoms with E-state index >= 15 is 0 Å². The molecule has 108 valence electrons. The van der Waals surface area contributed by atoms with Gasteiger partial charge in [0.25, 0.3) is 0 Å². The van der Waals surface area contributed by atoms with E-state index in [-0.39, 0.29) is 6.04 Å². The number of aromatic nitrogens is 2. The highest BCUT2D eigenvalue weighted by atomic mass is 16.6. The second-order valence-corrected chi connectivity index (χ2v) is 5.66. The van der Waals surface area contributed by atoms with Gasteiger partial charge < -0.3 is 20.4 Å². The van der Waals surface area contributed by atoms with E-state index in [1.807, 2.05) is 34.6 Å². The third-order valence-corrected chi connectivity index (χ3v) is 2.35. The maximum Gasteiger partial charge on any atom is 0.407 e. The van der Waals surface area contributed by atoms with Crippen molar-refractivity contribution in [1.29, 1.82) is 0 Å². The SMILES string of the molecule is Cc1ncc(CNC(C)CNC(=O)OC(C)(C)C)[nH]1. The van der Waals surface area contributed by atoms with Crippen molar-refractivity contribution in [2.75, 3.05) is 6.54 Å². The minimum atomic E-state index is -0.464. The summed E-state index contributed by atoms with van der Waals surface area (Å²) in [6.45, 7) is 10.6. The highest BCUT2D eigenvalue weighted by Gasteiger charge is 2.16. The van der Waals surface area contributed by atoms with Crippen molar-refractivity contribution in [3.63, 3.8) is 0 Å². The number of hydrogen-bond acceptors (Lipinski definition) is 4. The Hall–Kier alpha value is -1.56. The van der Waals surface area contributed by atoms with E-state index in [4.69, 9.17) is 4.74 Å². The summed E-state index contributed by atoms with van der Waals surface area (Å²) in [5, 5.41) is 6.02. The van der Waals surface area contributed by atoms with Crippen molar-refractivity contribution in [3.8, 4) is 0 Å². The summed E-state index contributed by atoms with van der Waals surface area (Å²) in [7, 11) is 0. The van der Waals surface area contributed by atoms with Crippen LogP contribution in [0.25, 0.3) is 0 Å². The van der Waals surface area contributed by atoms with Gasteiger partial charge in [-0.2, -0.15) is 0 Å². The molecule has 6 nitrogen and oxygen atoms in total. The average Bonchev–Trinajstić information content (AvgIpc) is 2.67. The smallest absolute Gasteiger partial charge is 0.407 e. The number of H-pyrrole nitrogens is 1. The summed E-state index contributed by atoms with van der Waals surface area (Å²) in [4.78, 5) is 18.7. The Morgan fingerprint density at radius 1 is 1.53 bits per heavy atom. The van der Waals surface area contributed by atoms with Crippen LogP contribution in [0.5, 0.6) is 0 Å². The molecule has 1 amide bonds. The third-order valence-electron chi connectivity index (χ3n) is 2.35. The Balaban J connectivity index is 2.21. The van der Waals surface area contributed by atoms with Crippen LogP contribution in [-0.4, -0.2) is 34.2 Å². The third kappa shape index (κ3) is 6.81. The van der Waals surface area contributed by atoms with Crippen molar-refractivity contribution in [2.45, 2.75) is 52.8 Å². The fourth-order valence-corrected chi connectivity index (χ4v) is 1.47. The Kier molecular flexibility index (Phi) is 5.35. The van der Waals surface area contributed by atoms with Gasteiger partial charge in [-0.15, -0.1) is 0 Å². The van der Waals surface area contributed by atoms with Crippen LogP contribution < -0.4 is 10.6 Å². The zero-order valence-corrected chi connectivity index (χ0v) is 12.3. The van der Waals surface area contributed by atoms with Crippen LogP contribution in [0.1, 0.15) is 39.2 Å². The number of carbonyl (C=O) groups excluding carboxylic acids is 1. The number of aromatic amines is 1. The fraction of sp³-hybridized carbons (Fsp3) is 0.692. The van der Waals surface area contributed by atoms with Crippen LogP contribution >= 0.6 is 0 Å². The van der Waals surface area contributed by atoms with Crippen molar-refractivity contribution >= 4 is 6.09 Å². The topological polar surface area (TPSA) is 79.0 Å². The molecule has 1 rings (SSSR count). The molecule has 0 spiro atoms. The molecule has 1 heterocycles. The largest absolute Gasteiger partial charge is 0.444 e. The standard InChI is InChI=1S/C13H24N4O2/c1-9(6-16-12(18)19-13(3,4)5)14-7-11-8-15-10(2)17-11/h8-9,14H,6-7H2,1-5H3,(H,15,17)(H,16,18). The molecule has 1 aromatic rings. The maximum absolute atomic E-state index is 11.5. The van der Waals surface area contributed by atoms with Crippen LogP contribution in [0.4, 0.5) is 4.79 Å². The molecule has 0 aliphatic carbocycles. The van der Waals surface area contributed by atoms with Gasteiger partial charge >= 0.3 is 6.09 Å². The van der Waals surface area contributed by atoms with Crippen LogP contribution in [0, 0.1) is 6.92 Å². The first-order valence-corrected chi connectivity index (χ1v) is 6.47. The highest BCUT2D eigenvalue weighted by molar-refractivity contribution is 5.67. The van der Waals surface area contributed by atoms with Gasteiger partial charge in [-0.05, 0) is 34.6 Å². The highest BCUT2D eigenvalue weighted by Crippen LogP contribution is 2.06. The summed E-state index contributed by atoms with van der Waals surface area (Å²) >= 11 is 0. The Labute approximate surface area is 114 Å². The molecule has 0 aliphatic heterocycles. The van der Waals surface area contributed by atoms with Crippen molar-refractivity contribution in [1.82, 2.24) is 20.6 Å². The number of imidazole rings is 1. The lowest BCUT2D eigenvalue weighted by atomic mass is 10.2. The number of amides is 1. The molecule has 0 fully saturated rings. The minimum absolute atomic E-state index is 0.149. The zero-order chi connectivity index (χ0) is 14.5. The van der Waals surface area contributed by atoms with Gasteiger partial charge in [0.1, 0.15) is 11.4 Å². The number of ether oxygens (including phenoxy) is 1. The number of aryl methyl sites for hydroxylation is 1. The van der Waals surface area contributed by atoms with Gasteiger partial charge in [0.05, 0.1) is 0 Å². The number of nitrogens with zero attached hydrogens (tertiary/aromatic N) is 1. The molecule has 0 radical (unpaired) electrons. The lowest BCUT2D eigenvalue weighted by Crippen LogP contribution is -2.41. The van der Waals surface area contributed by atoms with Gasteiger partial charge in [0.15, 0.2) is 0 Å². The molecule has 3 N–H and O–H groups in total. The second-order valence-electron chi connectivity index (χ2n) is 5.66. The van der Waals surface area contributed by atoms with Gasteiger partial charge in [-0.3, -0.25) is 0 Å². The van der Waals surface area contributed by atoms with Gasteiger partial charge in [-0.25, -0.2) is 9.78 Å². The monoisotopic (exact) mass is 268 g/mol.